The molecular weight excluding hydrogens is 303 g/mol. The first-order chi connectivity index (χ1) is 8.40. The third-order valence-corrected chi connectivity index (χ3v) is 3.73. The van der Waals surface area contributed by atoms with Crippen molar-refractivity contribution in [2.45, 2.75) is 0 Å². The molecule has 0 amide bonds. The van der Waals surface area contributed by atoms with Crippen LogP contribution in [0.25, 0.3) is 0 Å². The number of carbonyl (C=O) groups excluding carboxylic acids is 1. The minimum atomic E-state index is -1.15. The van der Waals surface area contributed by atoms with E-state index in [1.54, 1.807) is 0 Å². The number of rotatable bonds is 2. The lowest BCUT2D eigenvalue weighted by Gasteiger charge is -2.04. The standard InChI is InChI=1S/C11H5Cl2F2NOS/c12-9-2-5(11(13)18-9)10(17)4-1-6(14)7(15)3-8(4)16/h1-3H,16H2. The lowest BCUT2D eigenvalue weighted by Crippen LogP contribution is -2.06. The molecule has 2 N–H and O–H groups in total. The van der Waals surface area contributed by atoms with Crippen LogP contribution >= 0.6 is 34.5 Å². The summed E-state index contributed by atoms with van der Waals surface area (Å²) in [6.07, 6.45) is 0. The summed E-state index contributed by atoms with van der Waals surface area (Å²) in [5.41, 5.74) is 5.30. The molecule has 0 spiro atoms. The average molecular weight is 308 g/mol. The number of nitrogens with two attached hydrogens (primary N) is 1. The largest absolute Gasteiger partial charge is 0.398 e. The van der Waals surface area contributed by atoms with E-state index in [1.807, 2.05) is 0 Å². The van der Waals surface area contributed by atoms with E-state index < -0.39 is 17.4 Å². The van der Waals surface area contributed by atoms with E-state index in [0.717, 1.165) is 23.5 Å². The molecule has 0 saturated heterocycles. The molecule has 2 aromatic rings. The molecule has 18 heavy (non-hydrogen) atoms. The number of anilines is 1. The van der Waals surface area contributed by atoms with E-state index in [0.29, 0.717) is 4.34 Å². The van der Waals surface area contributed by atoms with Crippen LogP contribution in [0.15, 0.2) is 18.2 Å². The van der Waals surface area contributed by atoms with Gasteiger partial charge in [0.05, 0.1) is 9.90 Å². The van der Waals surface area contributed by atoms with Crippen molar-refractivity contribution in [1.29, 1.82) is 0 Å². The average Bonchev–Trinajstić information content (AvgIpc) is 2.62. The van der Waals surface area contributed by atoms with Gasteiger partial charge >= 0.3 is 0 Å². The highest BCUT2D eigenvalue weighted by Gasteiger charge is 2.20. The lowest BCUT2D eigenvalue weighted by molar-refractivity contribution is 0.103. The van der Waals surface area contributed by atoms with Crippen molar-refractivity contribution in [2.24, 2.45) is 0 Å². The highest BCUT2D eigenvalue weighted by Crippen LogP contribution is 2.33. The van der Waals surface area contributed by atoms with Gasteiger partial charge in [-0.2, -0.15) is 0 Å². The van der Waals surface area contributed by atoms with Gasteiger partial charge in [-0.1, -0.05) is 23.2 Å². The molecule has 2 nitrogen and oxygen atoms in total. The van der Waals surface area contributed by atoms with E-state index in [4.69, 9.17) is 28.9 Å². The highest BCUT2D eigenvalue weighted by molar-refractivity contribution is 7.20. The van der Waals surface area contributed by atoms with Gasteiger partial charge in [-0.15, -0.1) is 11.3 Å². The van der Waals surface area contributed by atoms with E-state index in [2.05, 4.69) is 0 Å². The number of carbonyl (C=O) groups is 1. The molecule has 0 aliphatic carbocycles. The summed E-state index contributed by atoms with van der Waals surface area (Å²) in [5, 5.41) is 0. The summed E-state index contributed by atoms with van der Waals surface area (Å²) in [4.78, 5) is 12.1. The van der Waals surface area contributed by atoms with Gasteiger partial charge in [0.2, 0.25) is 0 Å². The first kappa shape index (κ1) is 13.3. The van der Waals surface area contributed by atoms with Crippen LogP contribution in [-0.2, 0) is 0 Å². The summed E-state index contributed by atoms with van der Waals surface area (Å²) in [6, 6.07) is 2.86. The van der Waals surface area contributed by atoms with E-state index in [9.17, 15) is 13.6 Å². The monoisotopic (exact) mass is 307 g/mol. The number of hydrogen-bond donors (Lipinski definition) is 1. The van der Waals surface area contributed by atoms with Crippen LogP contribution < -0.4 is 5.73 Å². The van der Waals surface area contributed by atoms with Gasteiger partial charge in [0.15, 0.2) is 17.4 Å². The van der Waals surface area contributed by atoms with Gasteiger partial charge in [0.25, 0.3) is 0 Å². The maximum absolute atomic E-state index is 13.1. The molecule has 0 atom stereocenters. The first-order valence-corrected chi connectivity index (χ1v) is 6.21. The number of nitrogen functional groups attached to an aromatic ring is 1. The van der Waals surface area contributed by atoms with Gasteiger partial charge in [0, 0.05) is 17.3 Å². The second kappa shape index (κ2) is 4.84. The van der Waals surface area contributed by atoms with Gasteiger partial charge in [-0.3, -0.25) is 4.79 Å². The molecule has 1 heterocycles. The van der Waals surface area contributed by atoms with Crippen molar-refractivity contribution in [2.75, 3.05) is 5.73 Å². The molecule has 0 saturated carbocycles. The van der Waals surface area contributed by atoms with Crippen molar-refractivity contribution >= 4 is 46.0 Å². The number of halogens is 4. The Hall–Kier alpha value is -1.17. The summed E-state index contributed by atoms with van der Waals surface area (Å²) < 4.78 is 26.5. The van der Waals surface area contributed by atoms with Crippen molar-refractivity contribution in [3.05, 3.63) is 49.6 Å². The van der Waals surface area contributed by atoms with Gasteiger partial charge < -0.3 is 5.73 Å². The summed E-state index contributed by atoms with van der Waals surface area (Å²) in [7, 11) is 0. The Kier molecular flexibility index (Phi) is 3.56. The van der Waals surface area contributed by atoms with E-state index in [1.165, 1.54) is 6.07 Å². The molecule has 0 unspecified atom stereocenters. The third kappa shape index (κ3) is 2.34. The van der Waals surface area contributed by atoms with Crippen LogP contribution in [-0.4, -0.2) is 5.78 Å². The minimum absolute atomic E-state index is 0.115. The van der Waals surface area contributed by atoms with Crippen LogP contribution in [0.4, 0.5) is 14.5 Å². The summed E-state index contributed by atoms with van der Waals surface area (Å²) in [5.74, 6) is -2.86. The van der Waals surface area contributed by atoms with Crippen LogP contribution in [0.3, 0.4) is 0 Å². The Morgan fingerprint density at radius 2 is 1.72 bits per heavy atom. The van der Waals surface area contributed by atoms with E-state index in [-0.39, 0.29) is 21.2 Å². The van der Waals surface area contributed by atoms with Crippen LogP contribution in [0, 0.1) is 11.6 Å². The van der Waals surface area contributed by atoms with Crippen molar-refractivity contribution in [1.82, 2.24) is 0 Å². The number of ketones is 1. The highest BCUT2D eigenvalue weighted by atomic mass is 35.5. The SMILES string of the molecule is Nc1cc(F)c(F)cc1C(=O)c1cc(Cl)sc1Cl. The van der Waals surface area contributed by atoms with E-state index >= 15 is 0 Å². The molecule has 0 radical (unpaired) electrons. The van der Waals surface area contributed by atoms with Gasteiger partial charge in [-0.25, -0.2) is 8.78 Å². The Bertz CT molecular complexity index is 642. The fraction of sp³-hybridized carbons (Fsp3) is 0. The predicted molar refractivity (Wildman–Crippen MR) is 68.5 cm³/mol. The normalized spacial score (nSPS) is 10.7. The minimum Gasteiger partial charge on any atom is -0.398 e. The number of hydrogen-bond acceptors (Lipinski definition) is 3. The maximum atomic E-state index is 13.1. The van der Waals surface area contributed by atoms with Gasteiger partial charge in [-0.05, 0) is 12.1 Å². The zero-order valence-electron chi connectivity index (χ0n) is 8.64. The Labute approximate surface area is 115 Å². The smallest absolute Gasteiger partial charge is 0.197 e. The molecular formula is C11H5Cl2F2NOS. The Balaban J connectivity index is 2.53. The fourth-order valence-electron chi connectivity index (χ4n) is 1.40. The topological polar surface area (TPSA) is 43.1 Å². The van der Waals surface area contributed by atoms with Crippen molar-refractivity contribution in [3.8, 4) is 0 Å². The van der Waals surface area contributed by atoms with Crippen LogP contribution in [0.5, 0.6) is 0 Å². The van der Waals surface area contributed by atoms with Crippen LogP contribution in [0.1, 0.15) is 15.9 Å². The predicted octanol–water partition coefficient (Wildman–Crippen LogP) is 4.15. The molecule has 1 aromatic carbocycles. The second-order valence-electron chi connectivity index (χ2n) is 3.42. The molecule has 94 valence electrons. The quantitative estimate of drug-likeness (QED) is 0.669. The zero-order valence-corrected chi connectivity index (χ0v) is 11.0. The molecule has 7 heteroatoms. The Morgan fingerprint density at radius 3 is 2.28 bits per heavy atom. The zero-order chi connectivity index (χ0) is 13.4. The molecule has 0 aliphatic rings. The Morgan fingerprint density at radius 1 is 1.11 bits per heavy atom. The summed E-state index contributed by atoms with van der Waals surface area (Å²) >= 11 is 12.5. The molecule has 0 bridgehead atoms. The molecule has 2 rings (SSSR count). The lowest BCUT2D eigenvalue weighted by atomic mass is 10.0. The molecule has 0 aliphatic heterocycles. The molecule has 1 aromatic heterocycles. The van der Waals surface area contributed by atoms with Gasteiger partial charge in [0.1, 0.15) is 4.34 Å². The number of benzene rings is 1. The third-order valence-electron chi connectivity index (χ3n) is 2.24. The maximum Gasteiger partial charge on any atom is 0.197 e. The number of thiophene rings is 1. The molecule has 0 fully saturated rings. The van der Waals surface area contributed by atoms with Crippen molar-refractivity contribution in [3.63, 3.8) is 0 Å². The first-order valence-electron chi connectivity index (χ1n) is 4.64. The summed E-state index contributed by atoms with van der Waals surface area (Å²) in [6.45, 7) is 0. The second-order valence-corrected chi connectivity index (χ2v) is 5.71. The van der Waals surface area contributed by atoms with Crippen molar-refractivity contribution < 1.29 is 13.6 Å². The fourth-order valence-corrected chi connectivity index (χ4v) is 2.86. The van der Waals surface area contributed by atoms with Crippen LogP contribution in [0.2, 0.25) is 8.67 Å².